The number of nitrogens with one attached hydrogen (secondary N) is 1. The second kappa shape index (κ2) is 6.44. The molecule has 2 unspecified atom stereocenters. The number of quaternary nitrogens is 1. The van der Waals surface area contributed by atoms with Crippen LogP contribution in [0.1, 0.15) is 6.42 Å². The van der Waals surface area contributed by atoms with Gasteiger partial charge in [0.05, 0.1) is 6.54 Å². The summed E-state index contributed by atoms with van der Waals surface area (Å²) in [5.41, 5.74) is 2.78. The van der Waals surface area contributed by atoms with E-state index in [1.807, 2.05) is 0 Å². The lowest BCUT2D eigenvalue weighted by Gasteiger charge is -2.45. The van der Waals surface area contributed by atoms with Crippen LogP contribution in [0.4, 0.5) is 0 Å². The molecule has 2 atom stereocenters. The number of nitrogens with zero attached hydrogens (tertiary/aromatic N) is 1. The highest BCUT2D eigenvalue weighted by Gasteiger charge is 2.35. The SMILES string of the molecule is [O-][N+]1(NCCCl)OCCCP1CCCl. The van der Waals surface area contributed by atoms with E-state index in [0.717, 1.165) is 18.7 Å². The molecule has 1 saturated heterocycles. The summed E-state index contributed by atoms with van der Waals surface area (Å²) < 4.78 is -0.727. The van der Waals surface area contributed by atoms with Crippen LogP contribution in [-0.4, -0.2) is 41.9 Å². The number of halogens is 2. The number of rotatable bonds is 5. The maximum Gasteiger partial charge on any atom is 0.159 e. The van der Waals surface area contributed by atoms with E-state index in [4.69, 9.17) is 28.0 Å². The maximum atomic E-state index is 12.1. The van der Waals surface area contributed by atoms with Crippen molar-refractivity contribution in [2.24, 2.45) is 0 Å². The van der Waals surface area contributed by atoms with Crippen molar-refractivity contribution in [2.75, 3.05) is 37.2 Å². The minimum atomic E-state index is -0.771. The molecule has 84 valence electrons. The number of hydrogen-bond acceptors (Lipinski definition) is 3. The Labute approximate surface area is 95.4 Å². The van der Waals surface area contributed by atoms with Crippen LogP contribution in [0, 0.1) is 5.21 Å². The summed E-state index contributed by atoms with van der Waals surface area (Å²) in [6.45, 7) is 0.978. The Morgan fingerprint density at radius 1 is 1.43 bits per heavy atom. The third-order valence-corrected chi connectivity index (χ3v) is 5.16. The zero-order chi connectivity index (χ0) is 10.4. The van der Waals surface area contributed by atoms with Gasteiger partial charge in [-0.05, 0) is 6.42 Å². The molecule has 1 N–H and O–H groups in total. The molecular formula is C7H15Cl2N2O2P. The van der Waals surface area contributed by atoms with Crippen molar-refractivity contribution in [3.8, 4) is 0 Å². The van der Waals surface area contributed by atoms with E-state index in [1.165, 1.54) is 0 Å². The van der Waals surface area contributed by atoms with Gasteiger partial charge in [-0.25, -0.2) is 0 Å². The van der Waals surface area contributed by atoms with Gasteiger partial charge in [0.2, 0.25) is 0 Å². The van der Waals surface area contributed by atoms with Crippen molar-refractivity contribution in [1.82, 2.24) is 5.43 Å². The average Bonchev–Trinajstić information content (AvgIpc) is 2.19. The summed E-state index contributed by atoms with van der Waals surface area (Å²) in [6, 6.07) is 0. The molecule has 0 bridgehead atoms. The molecule has 14 heavy (non-hydrogen) atoms. The number of hydrogen-bond donors (Lipinski definition) is 1. The first-order chi connectivity index (χ1) is 6.73. The zero-order valence-corrected chi connectivity index (χ0v) is 10.3. The fourth-order valence-electron chi connectivity index (χ4n) is 1.32. The Morgan fingerprint density at radius 3 is 2.86 bits per heavy atom. The second-order valence-electron chi connectivity index (χ2n) is 2.95. The first-order valence-corrected chi connectivity index (χ1v) is 7.33. The van der Waals surface area contributed by atoms with Crippen LogP contribution < -0.4 is 5.43 Å². The summed E-state index contributed by atoms with van der Waals surface area (Å²) in [4.78, 5) is 5.22. The van der Waals surface area contributed by atoms with Gasteiger partial charge in [0, 0.05) is 24.1 Å². The van der Waals surface area contributed by atoms with Crippen LogP contribution >= 0.6 is 31.3 Å². The van der Waals surface area contributed by atoms with E-state index in [0.29, 0.717) is 24.9 Å². The molecule has 1 fully saturated rings. The number of alkyl halides is 2. The van der Waals surface area contributed by atoms with Crippen molar-refractivity contribution in [3.63, 3.8) is 0 Å². The van der Waals surface area contributed by atoms with Crippen LogP contribution in [0.3, 0.4) is 0 Å². The van der Waals surface area contributed by atoms with Gasteiger partial charge in [0.15, 0.2) is 8.07 Å². The molecule has 0 aromatic heterocycles. The molecular weight excluding hydrogens is 246 g/mol. The monoisotopic (exact) mass is 260 g/mol. The van der Waals surface area contributed by atoms with Gasteiger partial charge in [-0.15, -0.1) is 33.3 Å². The lowest BCUT2D eigenvalue weighted by atomic mass is 10.5. The van der Waals surface area contributed by atoms with Crippen molar-refractivity contribution >= 4 is 31.3 Å². The largest absolute Gasteiger partial charge is 0.577 e. The second-order valence-corrected chi connectivity index (χ2v) is 6.14. The normalized spacial score (nSPS) is 33.2. The van der Waals surface area contributed by atoms with Gasteiger partial charge in [-0.2, -0.15) is 4.84 Å². The van der Waals surface area contributed by atoms with Crippen LogP contribution in [0.15, 0.2) is 0 Å². The molecule has 1 aliphatic rings. The summed E-state index contributed by atoms with van der Waals surface area (Å²) in [5, 5.41) is 12.1. The van der Waals surface area contributed by atoms with E-state index in [2.05, 4.69) is 5.43 Å². The Balaban J connectivity index is 2.49. The third kappa shape index (κ3) is 3.46. The van der Waals surface area contributed by atoms with E-state index >= 15 is 0 Å². The Morgan fingerprint density at radius 2 is 2.21 bits per heavy atom. The molecule has 1 aliphatic heterocycles. The molecule has 0 saturated carbocycles. The van der Waals surface area contributed by atoms with Gasteiger partial charge in [-0.3, -0.25) is 0 Å². The predicted molar refractivity (Wildman–Crippen MR) is 60.3 cm³/mol. The highest BCUT2D eigenvalue weighted by Crippen LogP contribution is 2.48. The van der Waals surface area contributed by atoms with E-state index in [9.17, 15) is 5.21 Å². The van der Waals surface area contributed by atoms with Gasteiger partial charge >= 0.3 is 0 Å². The van der Waals surface area contributed by atoms with Crippen LogP contribution in [0.5, 0.6) is 0 Å². The molecule has 1 heterocycles. The Bertz CT molecular complexity index is 176. The summed E-state index contributed by atoms with van der Waals surface area (Å²) in [6.07, 6.45) is 2.60. The molecule has 1 rings (SSSR count). The Hall–Kier alpha value is 0.850. The van der Waals surface area contributed by atoms with Crippen molar-refractivity contribution in [1.29, 1.82) is 0 Å². The van der Waals surface area contributed by atoms with E-state index in [-0.39, 0.29) is 0 Å². The van der Waals surface area contributed by atoms with Crippen LogP contribution in [0.25, 0.3) is 0 Å². The highest BCUT2D eigenvalue weighted by atomic mass is 35.5. The van der Waals surface area contributed by atoms with Gasteiger partial charge in [0.1, 0.15) is 6.61 Å². The molecule has 0 spiro atoms. The fraction of sp³-hybridized carbons (Fsp3) is 1.00. The fourth-order valence-corrected chi connectivity index (χ4v) is 3.97. The minimum absolute atomic E-state index is 0.412. The minimum Gasteiger partial charge on any atom is -0.577 e. The maximum absolute atomic E-state index is 12.1. The molecule has 0 radical (unpaired) electrons. The van der Waals surface area contributed by atoms with Crippen molar-refractivity contribution < 1.29 is 9.53 Å². The molecule has 0 amide bonds. The lowest BCUT2D eigenvalue weighted by Crippen LogP contribution is -2.52. The first kappa shape index (κ1) is 12.9. The molecule has 7 heteroatoms. The predicted octanol–water partition coefficient (Wildman–Crippen LogP) is 2.02. The lowest BCUT2D eigenvalue weighted by molar-refractivity contribution is -1.01. The standard InChI is InChI=1S/C7H15Cl2N2O2P/c8-2-4-10-11(12)13-5-1-6-14(11)7-3-9/h10H,1-7H2. The summed E-state index contributed by atoms with van der Waals surface area (Å²) >= 11 is 11.2. The first-order valence-electron chi connectivity index (χ1n) is 4.60. The molecule has 0 aliphatic carbocycles. The third-order valence-electron chi connectivity index (χ3n) is 1.95. The summed E-state index contributed by atoms with van der Waals surface area (Å²) in [5.74, 6) is 0.926. The van der Waals surface area contributed by atoms with E-state index in [1.54, 1.807) is 0 Å². The zero-order valence-electron chi connectivity index (χ0n) is 7.92. The van der Waals surface area contributed by atoms with Crippen LogP contribution in [0.2, 0.25) is 0 Å². The van der Waals surface area contributed by atoms with Gasteiger partial charge in [-0.1, -0.05) is 0 Å². The Kier molecular flexibility index (Phi) is 5.94. The highest BCUT2D eigenvalue weighted by molar-refractivity contribution is 7.51. The summed E-state index contributed by atoms with van der Waals surface area (Å²) in [7, 11) is -0.771. The molecule has 0 aromatic rings. The van der Waals surface area contributed by atoms with Crippen LogP contribution in [-0.2, 0) is 4.84 Å². The quantitative estimate of drug-likeness (QED) is 0.467. The van der Waals surface area contributed by atoms with E-state index < -0.39 is 12.8 Å². The molecule has 0 aromatic carbocycles. The van der Waals surface area contributed by atoms with Gasteiger partial charge < -0.3 is 5.21 Å². The van der Waals surface area contributed by atoms with Crippen molar-refractivity contribution in [2.45, 2.75) is 6.42 Å². The van der Waals surface area contributed by atoms with Crippen molar-refractivity contribution in [3.05, 3.63) is 5.21 Å². The average molecular weight is 261 g/mol. The molecule has 4 nitrogen and oxygen atoms in total. The smallest absolute Gasteiger partial charge is 0.159 e. The topological polar surface area (TPSA) is 44.3 Å². The van der Waals surface area contributed by atoms with Gasteiger partial charge in [0.25, 0.3) is 0 Å².